The highest BCUT2D eigenvalue weighted by atomic mass is 32.1. The minimum Gasteiger partial charge on any atom is -0.462 e. The summed E-state index contributed by atoms with van der Waals surface area (Å²) in [5, 5.41) is 0.646. The van der Waals surface area contributed by atoms with Crippen molar-refractivity contribution >= 4 is 28.3 Å². The molecule has 0 bridgehead atoms. The van der Waals surface area contributed by atoms with E-state index in [2.05, 4.69) is 11.9 Å². The molecule has 0 spiro atoms. The zero-order valence-electron chi connectivity index (χ0n) is 15.7. The number of unbranched alkanes of at least 4 members (excludes halogenated alkanes) is 2. The summed E-state index contributed by atoms with van der Waals surface area (Å²) in [4.78, 5) is 32.0. The van der Waals surface area contributed by atoms with Gasteiger partial charge in [-0.15, -0.1) is 0 Å². The van der Waals surface area contributed by atoms with E-state index >= 15 is 0 Å². The number of carbonyl (C=O) groups is 2. The summed E-state index contributed by atoms with van der Waals surface area (Å²) in [7, 11) is 0. The lowest BCUT2D eigenvalue weighted by Crippen LogP contribution is -2.37. The Morgan fingerprint density at radius 2 is 1.92 bits per heavy atom. The van der Waals surface area contributed by atoms with E-state index in [1.807, 2.05) is 11.8 Å². The topological polar surface area (TPSA) is 59.5 Å². The van der Waals surface area contributed by atoms with Gasteiger partial charge in [0, 0.05) is 12.5 Å². The van der Waals surface area contributed by atoms with E-state index in [-0.39, 0.29) is 17.8 Å². The largest absolute Gasteiger partial charge is 0.462 e. The Bertz CT molecular complexity index is 579. The number of nitrogens with zero attached hydrogens (tertiary/aromatic N) is 2. The number of aromatic nitrogens is 1. The van der Waals surface area contributed by atoms with E-state index in [0.717, 1.165) is 44.9 Å². The fraction of sp³-hybridized carbons (Fsp3) is 0.737. The normalized spacial score (nSPS) is 15.2. The molecule has 140 valence electrons. The fourth-order valence-corrected chi connectivity index (χ4v) is 4.27. The Hall–Kier alpha value is -1.43. The van der Waals surface area contributed by atoms with Crippen LogP contribution in [0.5, 0.6) is 0 Å². The van der Waals surface area contributed by atoms with Crippen LogP contribution in [0, 0.1) is 12.8 Å². The maximum absolute atomic E-state index is 13.1. The van der Waals surface area contributed by atoms with E-state index in [4.69, 9.17) is 4.74 Å². The molecule has 1 saturated carbocycles. The molecule has 1 amide bonds. The highest BCUT2D eigenvalue weighted by Gasteiger charge is 2.29. The minimum absolute atomic E-state index is 0.102. The van der Waals surface area contributed by atoms with E-state index in [9.17, 15) is 9.59 Å². The van der Waals surface area contributed by atoms with Crippen LogP contribution in [0.4, 0.5) is 5.13 Å². The quantitative estimate of drug-likeness (QED) is 0.493. The Balaban J connectivity index is 2.20. The first-order valence-electron chi connectivity index (χ1n) is 9.54. The van der Waals surface area contributed by atoms with Gasteiger partial charge >= 0.3 is 5.97 Å². The van der Waals surface area contributed by atoms with Crippen molar-refractivity contribution in [2.75, 3.05) is 18.1 Å². The van der Waals surface area contributed by atoms with E-state index in [1.54, 1.807) is 6.92 Å². The molecule has 0 aromatic carbocycles. The van der Waals surface area contributed by atoms with Crippen LogP contribution in [-0.4, -0.2) is 30.0 Å². The number of carbonyl (C=O) groups excluding carboxylic acids is 2. The van der Waals surface area contributed by atoms with Crippen LogP contribution < -0.4 is 4.90 Å². The molecule has 0 radical (unpaired) electrons. The molecule has 2 rings (SSSR count). The van der Waals surface area contributed by atoms with Gasteiger partial charge < -0.3 is 4.74 Å². The SMILES string of the molecule is CCCCCN(C(=O)C1CCCCC1)c1nc(C)c(C(=O)OCC)s1. The molecule has 25 heavy (non-hydrogen) atoms. The third-order valence-electron chi connectivity index (χ3n) is 4.68. The Morgan fingerprint density at radius 1 is 1.20 bits per heavy atom. The van der Waals surface area contributed by atoms with Crippen molar-refractivity contribution in [1.29, 1.82) is 0 Å². The average molecular weight is 367 g/mol. The van der Waals surface area contributed by atoms with Gasteiger partial charge in [0.15, 0.2) is 5.13 Å². The smallest absolute Gasteiger partial charge is 0.350 e. The van der Waals surface area contributed by atoms with Gasteiger partial charge in [-0.25, -0.2) is 9.78 Å². The molecule has 0 aliphatic heterocycles. The van der Waals surface area contributed by atoms with Crippen molar-refractivity contribution in [2.45, 2.75) is 72.1 Å². The standard InChI is InChI=1S/C19H30N2O3S/c1-4-6-10-13-21(17(22)15-11-8-7-9-12-15)19-20-14(3)16(25-19)18(23)24-5-2/h15H,4-13H2,1-3H3. The first kappa shape index (κ1) is 19.9. The molecule has 1 aromatic heterocycles. The summed E-state index contributed by atoms with van der Waals surface area (Å²) in [5.74, 6) is -0.0621. The molecule has 0 atom stereocenters. The van der Waals surface area contributed by atoms with E-state index < -0.39 is 0 Å². The molecule has 6 heteroatoms. The van der Waals surface area contributed by atoms with Crippen molar-refractivity contribution in [2.24, 2.45) is 5.92 Å². The highest BCUT2D eigenvalue weighted by molar-refractivity contribution is 7.17. The number of rotatable bonds is 8. The van der Waals surface area contributed by atoms with Gasteiger partial charge in [0.25, 0.3) is 0 Å². The number of anilines is 1. The van der Waals surface area contributed by atoms with Crippen LogP contribution >= 0.6 is 11.3 Å². The van der Waals surface area contributed by atoms with Crippen molar-refractivity contribution in [3.63, 3.8) is 0 Å². The van der Waals surface area contributed by atoms with Crippen molar-refractivity contribution in [3.05, 3.63) is 10.6 Å². The third-order valence-corrected chi connectivity index (χ3v) is 5.84. The number of ether oxygens (including phenoxy) is 1. The summed E-state index contributed by atoms with van der Waals surface area (Å²) in [5.41, 5.74) is 0.649. The van der Waals surface area contributed by atoms with Crippen molar-refractivity contribution < 1.29 is 14.3 Å². The zero-order chi connectivity index (χ0) is 18.2. The third kappa shape index (κ3) is 5.27. The van der Waals surface area contributed by atoms with Gasteiger partial charge in [-0.1, -0.05) is 50.4 Å². The van der Waals surface area contributed by atoms with Crippen LogP contribution in [0.2, 0.25) is 0 Å². The monoisotopic (exact) mass is 366 g/mol. The molecule has 0 unspecified atom stereocenters. The molecule has 0 N–H and O–H groups in total. The van der Waals surface area contributed by atoms with Gasteiger partial charge in [0.1, 0.15) is 4.88 Å². The minimum atomic E-state index is -0.345. The van der Waals surface area contributed by atoms with Crippen molar-refractivity contribution in [3.8, 4) is 0 Å². The van der Waals surface area contributed by atoms with Crippen LogP contribution in [0.3, 0.4) is 0 Å². The maximum Gasteiger partial charge on any atom is 0.350 e. The Labute approximate surface area is 154 Å². The molecule has 1 aromatic rings. The molecule has 1 heterocycles. The lowest BCUT2D eigenvalue weighted by molar-refractivity contribution is -0.123. The van der Waals surface area contributed by atoms with Gasteiger partial charge in [-0.05, 0) is 33.1 Å². The predicted molar refractivity (Wildman–Crippen MR) is 101 cm³/mol. The number of esters is 1. The molecular formula is C19H30N2O3S. The average Bonchev–Trinajstić information content (AvgIpc) is 3.01. The van der Waals surface area contributed by atoms with Crippen LogP contribution in [0.1, 0.15) is 80.6 Å². The molecule has 1 aliphatic rings. The lowest BCUT2D eigenvalue weighted by Gasteiger charge is -2.27. The van der Waals surface area contributed by atoms with E-state index in [1.165, 1.54) is 17.8 Å². The Kier molecular flexibility index (Phi) is 7.88. The molecule has 5 nitrogen and oxygen atoms in total. The number of thiazole rings is 1. The number of amides is 1. The maximum atomic E-state index is 13.1. The second-order valence-electron chi connectivity index (χ2n) is 6.66. The summed E-state index contributed by atoms with van der Waals surface area (Å²) in [6.07, 6.45) is 8.58. The molecule has 1 aliphatic carbocycles. The van der Waals surface area contributed by atoms with Gasteiger partial charge in [0.2, 0.25) is 5.91 Å². The predicted octanol–water partition coefficient (Wildman–Crippen LogP) is 4.73. The Morgan fingerprint density at radius 3 is 2.56 bits per heavy atom. The van der Waals surface area contributed by atoms with Gasteiger partial charge in [-0.3, -0.25) is 9.69 Å². The van der Waals surface area contributed by atoms with Crippen LogP contribution in [0.25, 0.3) is 0 Å². The molecular weight excluding hydrogens is 336 g/mol. The summed E-state index contributed by atoms with van der Waals surface area (Å²) in [6.45, 7) is 6.77. The van der Waals surface area contributed by atoms with Crippen LogP contribution in [0.15, 0.2) is 0 Å². The zero-order valence-corrected chi connectivity index (χ0v) is 16.5. The van der Waals surface area contributed by atoms with Crippen molar-refractivity contribution in [1.82, 2.24) is 4.98 Å². The number of aryl methyl sites for hydroxylation is 1. The summed E-state index contributed by atoms with van der Waals surface area (Å²) in [6, 6.07) is 0. The summed E-state index contributed by atoms with van der Waals surface area (Å²) < 4.78 is 5.11. The fourth-order valence-electron chi connectivity index (χ4n) is 3.27. The van der Waals surface area contributed by atoms with Gasteiger partial charge in [0.05, 0.1) is 12.3 Å². The lowest BCUT2D eigenvalue weighted by atomic mass is 9.88. The second kappa shape index (κ2) is 9.90. The summed E-state index contributed by atoms with van der Waals surface area (Å²) >= 11 is 1.29. The van der Waals surface area contributed by atoms with Crippen LogP contribution in [-0.2, 0) is 9.53 Å². The van der Waals surface area contributed by atoms with E-state index in [0.29, 0.717) is 28.9 Å². The number of hydrogen-bond acceptors (Lipinski definition) is 5. The molecule has 1 fully saturated rings. The highest BCUT2D eigenvalue weighted by Crippen LogP contribution is 2.31. The first-order chi connectivity index (χ1) is 12.1. The first-order valence-corrected chi connectivity index (χ1v) is 10.4. The number of hydrogen-bond donors (Lipinski definition) is 0. The second-order valence-corrected chi connectivity index (χ2v) is 7.64. The van der Waals surface area contributed by atoms with Gasteiger partial charge in [-0.2, -0.15) is 0 Å². The molecule has 0 saturated heterocycles.